The van der Waals surface area contributed by atoms with Crippen molar-refractivity contribution in [1.29, 1.82) is 0 Å². The Kier molecular flexibility index (Phi) is 4.05. The van der Waals surface area contributed by atoms with Gasteiger partial charge in [0.2, 0.25) is 6.29 Å². The standard InChI is InChI=1S/C12H15NO3/c1-4-9-5-6-11(16-3)10(7-9)13(2)12(15)8-14/h5-8H,4H2,1-3H3. The Bertz CT molecular complexity index is 401. The number of ether oxygens (including phenoxy) is 1. The lowest BCUT2D eigenvalue weighted by molar-refractivity contribution is -0.129. The summed E-state index contributed by atoms with van der Waals surface area (Å²) in [5, 5.41) is 0. The van der Waals surface area contributed by atoms with Crippen molar-refractivity contribution in [1.82, 2.24) is 0 Å². The first-order valence-electron chi connectivity index (χ1n) is 5.03. The van der Waals surface area contributed by atoms with Gasteiger partial charge in [-0.05, 0) is 24.1 Å². The molecule has 0 aromatic heterocycles. The molecule has 0 N–H and O–H groups in total. The third-order valence-electron chi connectivity index (χ3n) is 2.44. The van der Waals surface area contributed by atoms with E-state index < -0.39 is 5.91 Å². The van der Waals surface area contributed by atoms with Crippen LogP contribution in [0.5, 0.6) is 5.75 Å². The molecule has 0 aliphatic heterocycles. The Morgan fingerprint density at radius 3 is 2.69 bits per heavy atom. The number of benzene rings is 1. The summed E-state index contributed by atoms with van der Waals surface area (Å²) in [6.07, 6.45) is 1.15. The van der Waals surface area contributed by atoms with E-state index in [0.29, 0.717) is 11.4 Å². The Morgan fingerprint density at radius 2 is 2.19 bits per heavy atom. The summed E-state index contributed by atoms with van der Waals surface area (Å²) in [6, 6.07) is 5.57. The molecular formula is C12H15NO3. The molecule has 0 atom stereocenters. The van der Waals surface area contributed by atoms with Crippen molar-refractivity contribution in [2.24, 2.45) is 0 Å². The number of amides is 1. The number of hydrogen-bond acceptors (Lipinski definition) is 3. The van der Waals surface area contributed by atoms with Gasteiger partial charge in [0, 0.05) is 7.05 Å². The fourth-order valence-electron chi connectivity index (χ4n) is 1.42. The fraction of sp³-hybridized carbons (Fsp3) is 0.333. The molecule has 0 aliphatic carbocycles. The van der Waals surface area contributed by atoms with E-state index in [1.165, 1.54) is 12.0 Å². The van der Waals surface area contributed by atoms with Gasteiger partial charge in [-0.15, -0.1) is 0 Å². The predicted molar refractivity (Wildman–Crippen MR) is 61.8 cm³/mol. The van der Waals surface area contributed by atoms with Crippen LogP contribution in [0.1, 0.15) is 12.5 Å². The van der Waals surface area contributed by atoms with Crippen molar-refractivity contribution in [3.8, 4) is 5.75 Å². The molecule has 1 aromatic rings. The maximum absolute atomic E-state index is 11.3. The molecule has 0 radical (unpaired) electrons. The van der Waals surface area contributed by atoms with Crippen molar-refractivity contribution in [3.05, 3.63) is 23.8 Å². The second-order valence-electron chi connectivity index (χ2n) is 3.37. The van der Waals surface area contributed by atoms with Gasteiger partial charge in [0.05, 0.1) is 12.8 Å². The highest BCUT2D eigenvalue weighted by molar-refractivity contribution is 6.30. The van der Waals surface area contributed by atoms with Gasteiger partial charge in [0.1, 0.15) is 5.75 Å². The van der Waals surface area contributed by atoms with Crippen LogP contribution in [0, 0.1) is 0 Å². The third kappa shape index (κ3) is 2.39. The van der Waals surface area contributed by atoms with Crippen molar-refractivity contribution in [2.75, 3.05) is 19.1 Å². The Hall–Kier alpha value is -1.84. The number of methoxy groups -OCH3 is 1. The molecule has 0 saturated heterocycles. The maximum Gasteiger partial charge on any atom is 0.290 e. The highest BCUT2D eigenvalue weighted by atomic mass is 16.5. The molecule has 0 aliphatic rings. The van der Waals surface area contributed by atoms with Crippen LogP contribution in [0.15, 0.2) is 18.2 Å². The molecular weight excluding hydrogens is 206 g/mol. The second kappa shape index (κ2) is 5.30. The maximum atomic E-state index is 11.3. The first-order valence-corrected chi connectivity index (χ1v) is 5.03. The zero-order chi connectivity index (χ0) is 12.1. The van der Waals surface area contributed by atoms with Gasteiger partial charge in [0.25, 0.3) is 5.91 Å². The zero-order valence-electron chi connectivity index (χ0n) is 9.69. The highest BCUT2D eigenvalue weighted by Crippen LogP contribution is 2.28. The third-order valence-corrected chi connectivity index (χ3v) is 2.44. The Labute approximate surface area is 94.8 Å². The Balaban J connectivity index is 3.17. The van der Waals surface area contributed by atoms with Gasteiger partial charge >= 0.3 is 0 Å². The molecule has 86 valence electrons. The van der Waals surface area contributed by atoms with E-state index in [2.05, 4.69) is 0 Å². The minimum absolute atomic E-state index is 0.290. The normalized spacial score (nSPS) is 9.69. The molecule has 0 saturated carbocycles. The number of aldehydes is 1. The van der Waals surface area contributed by atoms with Crippen LogP contribution in [-0.2, 0) is 16.0 Å². The van der Waals surface area contributed by atoms with Crippen LogP contribution in [0.25, 0.3) is 0 Å². The van der Waals surface area contributed by atoms with Crippen LogP contribution in [-0.4, -0.2) is 26.4 Å². The van der Waals surface area contributed by atoms with Crippen LogP contribution < -0.4 is 9.64 Å². The summed E-state index contributed by atoms with van der Waals surface area (Å²) >= 11 is 0. The van der Waals surface area contributed by atoms with E-state index >= 15 is 0 Å². The molecule has 1 aromatic carbocycles. The number of carbonyl (C=O) groups excluding carboxylic acids is 2. The smallest absolute Gasteiger partial charge is 0.290 e. The SMILES string of the molecule is CCc1ccc(OC)c(N(C)C(=O)C=O)c1. The minimum atomic E-state index is -0.591. The zero-order valence-corrected chi connectivity index (χ0v) is 9.69. The summed E-state index contributed by atoms with van der Waals surface area (Å²) < 4.78 is 5.15. The van der Waals surface area contributed by atoms with Crippen molar-refractivity contribution >= 4 is 17.9 Å². The molecule has 0 spiro atoms. The number of nitrogens with zero attached hydrogens (tertiary/aromatic N) is 1. The molecule has 4 heteroatoms. The minimum Gasteiger partial charge on any atom is -0.495 e. The van der Waals surface area contributed by atoms with Gasteiger partial charge in [0.15, 0.2) is 0 Å². The van der Waals surface area contributed by atoms with Gasteiger partial charge in [-0.1, -0.05) is 13.0 Å². The van der Waals surface area contributed by atoms with Crippen LogP contribution in [0.3, 0.4) is 0 Å². The monoisotopic (exact) mass is 221 g/mol. The average molecular weight is 221 g/mol. The van der Waals surface area contributed by atoms with Gasteiger partial charge < -0.3 is 9.64 Å². The predicted octanol–water partition coefficient (Wildman–Crippen LogP) is 1.42. The molecule has 1 amide bonds. The lowest BCUT2D eigenvalue weighted by atomic mass is 10.1. The summed E-state index contributed by atoms with van der Waals surface area (Å²) in [4.78, 5) is 23.0. The van der Waals surface area contributed by atoms with Crippen LogP contribution in [0.4, 0.5) is 5.69 Å². The van der Waals surface area contributed by atoms with Gasteiger partial charge in [-0.25, -0.2) is 0 Å². The van der Waals surface area contributed by atoms with E-state index in [0.717, 1.165) is 12.0 Å². The fourth-order valence-corrected chi connectivity index (χ4v) is 1.42. The quantitative estimate of drug-likeness (QED) is 0.570. The molecule has 1 rings (SSSR count). The largest absolute Gasteiger partial charge is 0.495 e. The number of carbonyl (C=O) groups is 2. The van der Waals surface area contributed by atoms with E-state index in [9.17, 15) is 9.59 Å². The summed E-state index contributed by atoms with van der Waals surface area (Å²) in [7, 11) is 3.08. The number of anilines is 1. The molecule has 16 heavy (non-hydrogen) atoms. The molecule has 0 heterocycles. The highest BCUT2D eigenvalue weighted by Gasteiger charge is 2.14. The van der Waals surface area contributed by atoms with Crippen molar-refractivity contribution in [3.63, 3.8) is 0 Å². The number of aryl methyl sites for hydroxylation is 1. The van der Waals surface area contributed by atoms with Crippen LogP contribution >= 0.6 is 0 Å². The molecule has 0 unspecified atom stereocenters. The van der Waals surface area contributed by atoms with E-state index in [1.54, 1.807) is 13.1 Å². The first-order chi connectivity index (χ1) is 7.63. The second-order valence-corrected chi connectivity index (χ2v) is 3.37. The molecule has 0 fully saturated rings. The van der Waals surface area contributed by atoms with Gasteiger partial charge in [-0.2, -0.15) is 0 Å². The topological polar surface area (TPSA) is 46.6 Å². The summed E-state index contributed by atoms with van der Waals surface area (Å²) in [5.41, 5.74) is 1.69. The summed E-state index contributed by atoms with van der Waals surface area (Å²) in [6.45, 7) is 2.02. The van der Waals surface area contributed by atoms with E-state index in [4.69, 9.17) is 4.74 Å². The lowest BCUT2D eigenvalue weighted by Gasteiger charge is -2.18. The molecule has 0 bridgehead atoms. The average Bonchev–Trinajstić information content (AvgIpc) is 2.35. The van der Waals surface area contributed by atoms with Crippen LogP contribution in [0.2, 0.25) is 0 Å². The van der Waals surface area contributed by atoms with E-state index in [-0.39, 0.29) is 6.29 Å². The lowest BCUT2D eigenvalue weighted by Crippen LogP contribution is -2.27. The molecule has 4 nitrogen and oxygen atoms in total. The number of likely N-dealkylation sites (N-methyl/N-ethyl adjacent to an activating group) is 1. The first kappa shape index (κ1) is 12.2. The number of hydrogen-bond donors (Lipinski definition) is 0. The van der Waals surface area contributed by atoms with Crippen molar-refractivity contribution < 1.29 is 14.3 Å². The summed E-state index contributed by atoms with van der Waals surface area (Å²) in [5.74, 6) is -0.0125. The Morgan fingerprint density at radius 1 is 1.50 bits per heavy atom. The van der Waals surface area contributed by atoms with Gasteiger partial charge in [-0.3, -0.25) is 9.59 Å². The number of rotatable bonds is 4. The van der Waals surface area contributed by atoms with E-state index in [1.807, 2.05) is 19.1 Å². The van der Waals surface area contributed by atoms with Crippen molar-refractivity contribution in [2.45, 2.75) is 13.3 Å².